The molecule has 0 spiro atoms. The first-order valence-electron chi connectivity index (χ1n) is 9.05. The van der Waals surface area contributed by atoms with Crippen LogP contribution in [0, 0.1) is 0 Å². The Balaban J connectivity index is 1.26. The van der Waals surface area contributed by atoms with Crippen LogP contribution in [0.1, 0.15) is 9.67 Å². The highest BCUT2D eigenvalue weighted by Gasteiger charge is 2.26. The number of piperazine rings is 1. The lowest BCUT2D eigenvalue weighted by atomic mass is 10.2. The lowest BCUT2D eigenvalue weighted by Crippen LogP contribution is -3.15. The molecule has 2 N–H and O–H groups in total. The Morgan fingerprint density at radius 1 is 1.11 bits per heavy atom. The highest BCUT2D eigenvalue weighted by atomic mass is 32.1. The third kappa shape index (κ3) is 4.23. The van der Waals surface area contributed by atoms with Crippen molar-refractivity contribution >= 4 is 28.8 Å². The molecule has 4 rings (SSSR count). The van der Waals surface area contributed by atoms with E-state index in [1.54, 1.807) is 6.07 Å². The number of amides is 2. The second-order valence-corrected chi connectivity index (χ2v) is 7.55. The third-order valence-electron chi connectivity index (χ3n) is 4.73. The summed E-state index contributed by atoms with van der Waals surface area (Å²) in [5, 5.41) is 4.84. The van der Waals surface area contributed by atoms with Gasteiger partial charge in [0.05, 0.1) is 31.1 Å². The summed E-state index contributed by atoms with van der Waals surface area (Å²) in [6.07, 6.45) is 0. The van der Waals surface area contributed by atoms with Gasteiger partial charge in [0.1, 0.15) is 13.2 Å². The van der Waals surface area contributed by atoms with E-state index in [9.17, 15) is 9.59 Å². The molecule has 3 heterocycles. The summed E-state index contributed by atoms with van der Waals surface area (Å²) in [6, 6.07) is 9.16. The van der Waals surface area contributed by atoms with Gasteiger partial charge >= 0.3 is 0 Å². The molecule has 2 aliphatic rings. The summed E-state index contributed by atoms with van der Waals surface area (Å²) in [5.74, 6) is 1.41. The molecule has 0 aliphatic carbocycles. The number of carbonyl (C=O) groups excluding carboxylic acids is 2. The van der Waals surface area contributed by atoms with Crippen molar-refractivity contribution in [3.05, 3.63) is 40.6 Å². The van der Waals surface area contributed by atoms with Crippen molar-refractivity contribution < 1.29 is 24.0 Å². The van der Waals surface area contributed by atoms with Crippen LogP contribution in [-0.2, 0) is 4.79 Å². The van der Waals surface area contributed by atoms with E-state index < -0.39 is 0 Å². The summed E-state index contributed by atoms with van der Waals surface area (Å²) in [4.78, 5) is 28.6. The molecule has 1 fully saturated rings. The highest BCUT2D eigenvalue weighted by molar-refractivity contribution is 7.12. The molecule has 7 nitrogen and oxygen atoms in total. The van der Waals surface area contributed by atoms with E-state index in [0.29, 0.717) is 50.0 Å². The van der Waals surface area contributed by atoms with Gasteiger partial charge in [0.15, 0.2) is 18.0 Å². The van der Waals surface area contributed by atoms with Crippen LogP contribution >= 0.6 is 11.3 Å². The minimum Gasteiger partial charge on any atom is -0.486 e. The number of carbonyl (C=O) groups is 2. The smallest absolute Gasteiger partial charge is 0.279 e. The highest BCUT2D eigenvalue weighted by Crippen LogP contribution is 2.32. The molecule has 0 atom stereocenters. The number of rotatable bonds is 4. The molecule has 27 heavy (non-hydrogen) atoms. The maximum Gasteiger partial charge on any atom is 0.279 e. The predicted molar refractivity (Wildman–Crippen MR) is 102 cm³/mol. The average molecular weight is 388 g/mol. The van der Waals surface area contributed by atoms with Crippen LogP contribution in [0.3, 0.4) is 0 Å². The second-order valence-electron chi connectivity index (χ2n) is 6.60. The molecule has 1 aromatic carbocycles. The topological polar surface area (TPSA) is 72.3 Å². The van der Waals surface area contributed by atoms with Crippen LogP contribution in [-0.4, -0.2) is 62.7 Å². The Labute approximate surface area is 161 Å². The molecule has 0 radical (unpaired) electrons. The molecule has 8 heteroatoms. The zero-order valence-electron chi connectivity index (χ0n) is 14.9. The zero-order chi connectivity index (χ0) is 18.6. The van der Waals surface area contributed by atoms with E-state index in [4.69, 9.17) is 9.47 Å². The van der Waals surface area contributed by atoms with Gasteiger partial charge in [-0.2, -0.15) is 0 Å². The standard InChI is InChI=1S/C19H21N3O4S/c23-18(20-14-3-4-15-16(12-14)26-10-9-25-15)13-21-5-7-22(8-6-21)19(24)17-2-1-11-27-17/h1-4,11-12H,5-10,13H2,(H,20,23)/p+1. The van der Waals surface area contributed by atoms with Gasteiger partial charge in [-0.25, -0.2) is 0 Å². The van der Waals surface area contributed by atoms with E-state index in [-0.39, 0.29) is 11.8 Å². The van der Waals surface area contributed by atoms with Crippen molar-refractivity contribution in [1.29, 1.82) is 0 Å². The monoisotopic (exact) mass is 388 g/mol. The largest absolute Gasteiger partial charge is 0.486 e. The molecular weight excluding hydrogens is 366 g/mol. The van der Waals surface area contributed by atoms with Gasteiger partial charge in [-0.1, -0.05) is 6.07 Å². The number of ether oxygens (including phenoxy) is 2. The van der Waals surface area contributed by atoms with Crippen LogP contribution in [0.4, 0.5) is 5.69 Å². The van der Waals surface area contributed by atoms with Crippen molar-refractivity contribution in [3.8, 4) is 11.5 Å². The van der Waals surface area contributed by atoms with E-state index in [1.165, 1.54) is 16.2 Å². The summed E-state index contributed by atoms with van der Waals surface area (Å²) < 4.78 is 11.0. The predicted octanol–water partition coefficient (Wildman–Crippen LogP) is 0.499. The molecule has 2 aliphatic heterocycles. The molecule has 1 saturated heterocycles. The number of nitrogens with zero attached hydrogens (tertiary/aromatic N) is 1. The fourth-order valence-electron chi connectivity index (χ4n) is 3.31. The number of hydrogen-bond donors (Lipinski definition) is 2. The van der Waals surface area contributed by atoms with Gasteiger partial charge in [-0.05, 0) is 23.6 Å². The van der Waals surface area contributed by atoms with Crippen molar-refractivity contribution in [1.82, 2.24) is 4.90 Å². The van der Waals surface area contributed by atoms with Crippen LogP contribution < -0.4 is 19.7 Å². The summed E-state index contributed by atoms with van der Waals surface area (Å²) >= 11 is 1.47. The average Bonchev–Trinajstić information content (AvgIpc) is 3.23. The first-order valence-corrected chi connectivity index (χ1v) is 9.93. The molecule has 2 amide bonds. The van der Waals surface area contributed by atoms with E-state index in [0.717, 1.165) is 18.0 Å². The van der Waals surface area contributed by atoms with Gasteiger partial charge in [0.25, 0.3) is 11.8 Å². The number of hydrogen-bond acceptors (Lipinski definition) is 5. The Bertz CT molecular complexity index is 816. The second kappa shape index (κ2) is 7.98. The maximum atomic E-state index is 12.4. The number of benzene rings is 1. The fraction of sp³-hybridized carbons (Fsp3) is 0.368. The van der Waals surface area contributed by atoms with Crippen molar-refractivity contribution in [2.45, 2.75) is 0 Å². The number of anilines is 1. The number of quaternary nitrogens is 1. The van der Waals surface area contributed by atoms with E-state index in [2.05, 4.69) is 5.32 Å². The number of thiophene rings is 1. The molecule has 2 aromatic rings. The molecule has 0 saturated carbocycles. The first kappa shape index (κ1) is 17.8. The van der Waals surface area contributed by atoms with Crippen molar-refractivity contribution in [2.24, 2.45) is 0 Å². The normalized spacial score (nSPS) is 16.8. The number of nitrogens with one attached hydrogen (secondary N) is 2. The van der Waals surface area contributed by atoms with Gasteiger partial charge in [0.2, 0.25) is 0 Å². The lowest BCUT2D eigenvalue weighted by molar-refractivity contribution is -0.895. The van der Waals surface area contributed by atoms with E-state index in [1.807, 2.05) is 34.5 Å². The Morgan fingerprint density at radius 2 is 1.89 bits per heavy atom. The molecular formula is C19H22N3O4S+. The van der Waals surface area contributed by atoms with Gasteiger partial charge in [-0.3, -0.25) is 9.59 Å². The van der Waals surface area contributed by atoms with E-state index >= 15 is 0 Å². The summed E-state index contributed by atoms with van der Waals surface area (Å²) in [7, 11) is 0. The van der Waals surface area contributed by atoms with Crippen LogP contribution in [0.15, 0.2) is 35.7 Å². The zero-order valence-corrected chi connectivity index (χ0v) is 15.7. The molecule has 142 valence electrons. The number of fused-ring (bicyclic) bond motifs is 1. The van der Waals surface area contributed by atoms with Crippen molar-refractivity contribution in [2.75, 3.05) is 51.3 Å². The quantitative estimate of drug-likeness (QED) is 0.800. The SMILES string of the molecule is O=C(C[NH+]1CCN(C(=O)c2cccs2)CC1)Nc1ccc2c(c1)OCCO2. The third-order valence-corrected chi connectivity index (χ3v) is 5.58. The Morgan fingerprint density at radius 3 is 2.63 bits per heavy atom. The van der Waals surface area contributed by atoms with Crippen LogP contribution in [0.2, 0.25) is 0 Å². The minimum atomic E-state index is -0.0419. The fourth-order valence-corrected chi connectivity index (χ4v) is 4.00. The van der Waals surface area contributed by atoms with Gasteiger partial charge in [-0.15, -0.1) is 11.3 Å². The Hall–Kier alpha value is -2.58. The Kier molecular flexibility index (Phi) is 5.26. The van der Waals surface area contributed by atoms with Crippen LogP contribution in [0.5, 0.6) is 11.5 Å². The summed E-state index contributed by atoms with van der Waals surface area (Å²) in [6.45, 7) is 4.33. The maximum absolute atomic E-state index is 12.4. The molecule has 0 unspecified atom stereocenters. The molecule has 0 bridgehead atoms. The van der Waals surface area contributed by atoms with Crippen LogP contribution in [0.25, 0.3) is 0 Å². The van der Waals surface area contributed by atoms with Gasteiger partial charge in [0, 0.05) is 11.8 Å². The lowest BCUT2D eigenvalue weighted by Gasteiger charge is -2.31. The summed E-state index contributed by atoms with van der Waals surface area (Å²) in [5.41, 5.74) is 0.704. The van der Waals surface area contributed by atoms with Gasteiger partial charge < -0.3 is 24.6 Å². The minimum absolute atomic E-state index is 0.0419. The molecule has 1 aromatic heterocycles. The first-order chi connectivity index (χ1) is 13.2. The van der Waals surface area contributed by atoms with Crippen molar-refractivity contribution in [3.63, 3.8) is 0 Å².